The number of rotatable bonds is 4. The molecular weight excluding hydrogens is 280 g/mol. The van der Waals surface area contributed by atoms with Crippen LogP contribution in [0, 0.1) is 0 Å². The van der Waals surface area contributed by atoms with Crippen LogP contribution in [-0.4, -0.2) is 13.5 Å². The van der Waals surface area contributed by atoms with Gasteiger partial charge in [0.15, 0.2) is 0 Å². The molecular formula is C13H14N2S3. The Balaban J connectivity index is 2.08. The number of thiol groups is 2. The molecule has 18 heavy (non-hydrogen) atoms. The van der Waals surface area contributed by atoms with Gasteiger partial charge < -0.3 is 0 Å². The minimum atomic E-state index is -0.502. The highest BCUT2D eigenvalue weighted by molar-refractivity contribution is 8.49. The molecule has 0 saturated carbocycles. The van der Waals surface area contributed by atoms with E-state index in [0.717, 1.165) is 26.4 Å². The predicted octanol–water partition coefficient (Wildman–Crippen LogP) is 3.39. The molecule has 2 aromatic rings. The molecule has 0 saturated heterocycles. The molecule has 0 N–H and O–H groups in total. The molecule has 2 aromatic heterocycles. The topological polar surface area (TPSA) is 25.8 Å². The number of hydrogen-bond acceptors (Lipinski definition) is 3. The fraction of sp³-hybridized carbons (Fsp3) is 0.154. The average Bonchev–Trinajstić information content (AvgIpc) is 2.40. The lowest BCUT2D eigenvalue weighted by Gasteiger charge is -2.18. The third-order valence-corrected chi connectivity index (χ3v) is 6.00. The van der Waals surface area contributed by atoms with Gasteiger partial charge in [-0.15, -0.1) is 12.6 Å². The van der Waals surface area contributed by atoms with Crippen molar-refractivity contribution in [3.63, 3.8) is 0 Å². The van der Waals surface area contributed by atoms with E-state index < -0.39 is 10.9 Å². The summed E-state index contributed by atoms with van der Waals surface area (Å²) in [4.78, 5) is 8.69. The SMILES string of the molecule is S=C(S)[SH](Cc1ccccn1)Cc1ccccn1. The van der Waals surface area contributed by atoms with Crippen LogP contribution in [0.25, 0.3) is 0 Å². The molecule has 94 valence electrons. The van der Waals surface area contributed by atoms with Crippen molar-refractivity contribution in [1.29, 1.82) is 0 Å². The second kappa shape index (κ2) is 6.87. The van der Waals surface area contributed by atoms with Gasteiger partial charge >= 0.3 is 0 Å². The lowest BCUT2D eigenvalue weighted by molar-refractivity contribution is 1.15. The van der Waals surface area contributed by atoms with Crippen LogP contribution in [0.3, 0.4) is 0 Å². The maximum Gasteiger partial charge on any atom is 0.0818 e. The molecule has 0 aliphatic carbocycles. The summed E-state index contributed by atoms with van der Waals surface area (Å²) in [5.74, 6) is 1.74. The zero-order chi connectivity index (χ0) is 12.8. The molecule has 0 aliphatic rings. The molecule has 0 aliphatic heterocycles. The first-order valence-corrected chi connectivity index (χ1v) is 8.10. The number of nitrogens with zero attached hydrogens (tertiary/aromatic N) is 2. The summed E-state index contributed by atoms with van der Waals surface area (Å²) in [6.45, 7) is 0. The van der Waals surface area contributed by atoms with E-state index in [1.165, 1.54) is 0 Å². The minimum absolute atomic E-state index is 0.502. The predicted molar refractivity (Wildman–Crippen MR) is 86.5 cm³/mol. The average molecular weight is 294 g/mol. The van der Waals surface area contributed by atoms with Gasteiger partial charge in [0, 0.05) is 35.3 Å². The van der Waals surface area contributed by atoms with Gasteiger partial charge in [-0.3, -0.25) is 9.97 Å². The normalized spacial score (nSPS) is 11.1. The summed E-state index contributed by atoms with van der Waals surface area (Å²) in [7, 11) is -0.502. The van der Waals surface area contributed by atoms with Crippen molar-refractivity contribution in [2.75, 3.05) is 0 Å². The van der Waals surface area contributed by atoms with Gasteiger partial charge in [0.25, 0.3) is 0 Å². The fourth-order valence-corrected chi connectivity index (χ4v) is 3.92. The quantitative estimate of drug-likeness (QED) is 0.668. The minimum Gasteiger partial charge on any atom is -0.260 e. The summed E-state index contributed by atoms with van der Waals surface area (Å²) in [6, 6.07) is 11.9. The maximum atomic E-state index is 5.25. The maximum absolute atomic E-state index is 5.25. The third-order valence-electron chi connectivity index (χ3n) is 2.43. The molecule has 0 atom stereocenters. The van der Waals surface area contributed by atoms with Crippen LogP contribution in [-0.2, 0) is 11.5 Å². The Hall–Kier alpha value is -0.910. The molecule has 0 aromatic carbocycles. The fourth-order valence-electron chi connectivity index (χ4n) is 1.57. The van der Waals surface area contributed by atoms with E-state index >= 15 is 0 Å². The Kier molecular flexibility index (Phi) is 5.16. The molecule has 0 fully saturated rings. The van der Waals surface area contributed by atoms with Gasteiger partial charge in [0.05, 0.1) is 3.53 Å². The molecule has 5 heteroatoms. The van der Waals surface area contributed by atoms with E-state index in [1.807, 2.05) is 48.8 Å². The summed E-state index contributed by atoms with van der Waals surface area (Å²) in [6.07, 6.45) is 3.62. The monoisotopic (exact) mass is 294 g/mol. The third kappa shape index (κ3) is 4.08. The second-order valence-electron chi connectivity index (χ2n) is 3.78. The van der Waals surface area contributed by atoms with Crippen LogP contribution in [0.5, 0.6) is 0 Å². The van der Waals surface area contributed by atoms with Gasteiger partial charge in [-0.05, 0) is 24.3 Å². The van der Waals surface area contributed by atoms with Crippen molar-refractivity contribution < 1.29 is 0 Å². The van der Waals surface area contributed by atoms with Crippen LogP contribution in [0.4, 0.5) is 0 Å². The Morgan fingerprint density at radius 2 is 1.50 bits per heavy atom. The summed E-state index contributed by atoms with van der Waals surface area (Å²) < 4.78 is 0.779. The first kappa shape index (κ1) is 13.5. The van der Waals surface area contributed by atoms with Crippen LogP contribution in [0.1, 0.15) is 11.4 Å². The summed E-state index contributed by atoms with van der Waals surface area (Å²) in [5, 5.41) is 0. The van der Waals surface area contributed by atoms with Crippen molar-refractivity contribution >= 4 is 39.3 Å². The van der Waals surface area contributed by atoms with Gasteiger partial charge in [-0.2, -0.15) is 0 Å². The Bertz CT molecular complexity index is 461. The molecule has 2 rings (SSSR count). The van der Waals surface area contributed by atoms with Crippen molar-refractivity contribution in [1.82, 2.24) is 9.97 Å². The van der Waals surface area contributed by atoms with E-state index in [-0.39, 0.29) is 0 Å². The first-order chi connectivity index (χ1) is 8.75. The zero-order valence-corrected chi connectivity index (χ0v) is 12.3. The molecule has 2 nitrogen and oxygen atoms in total. The van der Waals surface area contributed by atoms with Crippen molar-refractivity contribution in [3.05, 3.63) is 60.2 Å². The first-order valence-electron chi connectivity index (χ1n) is 5.53. The van der Waals surface area contributed by atoms with E-state index in [0.29, 0.717) is 0 Å². The highest BCUT2D eigenvalue weighted by atomic mass is 32.3. The van der Waals surface area contributed by atoms with Crippen LogP contribution in [0.15, 0.2) is 48.8 Å². The number of thiocarbonyl (C=S) groups is 1. The smallest absolute Gasteiger partial charge is 0.0818 e. The van der Waals surface area contributed by atoms with E-state index in [1.54, 1.807) is 0 Å². The molecule has 0 spiro atoms. The molecule has 0 bridgehead atoms. The van der Waals surface area contributed by atoms with E-state index in [2.05, 4.69) is 22.6 Å². The van der Waals surface area contributed by atoms with Gasteiger partial charge in [-0.1, -0.05) is 24.4 Å². The molecule has 0 unspecified atom stereocenters. The van der Waals surface area contributed by atoms with Gasteiger partial charge in [0.1, 0.15) is 0 Å². The molecule has 0 amide bonds. The molecule has 0 radical (unpaired) electrons. The number of pyridine rings is 2. The van der Waals surface area contributed by atoms with Crippen LogP contribution >= 0.6 is 35.7 Å². The van der Waals surface area contributed by atoms with Crippen LogP contribution < -0.4 is 0 Å². The van der Waals surface area contributed by atoms with Crippen molar-refractivity contribution in [2.24, 2.45) is 0 Å². The number of hydrogen-bond donors (Lipinski definition) is 2. The second-order valence-corrected chi connectivity index (χ2v) is 7.75. The molecule has 2 heterocycles. The Morgan fingerprint density at radius 3 is 1.83 bits per heavy atom. The van der Waals surface area contributed by atoms with E-state index in [4.69, 9.17) is 12.2 Å². The number of aromatic nitrogens is 2. The lowest BCUT2D eigenvalue weighted by atomic mass is 10.4. The zero-order valence-electron chi connectivity index (χ0n) is 9.73. The highest BCUT2D eigenvalue weighted by Gasteiger charge is 2.10. The lowest BCUT2D eigenvalue weighted by Crippen LogP contribution is -2.00. The Labute approximate surface area is 121 Å². The highest BCUT2D eigenvalue weighted by Crippen LogP contribution is 2.36. The van der Waals surface area contributed by atoms with Crippen molar-refractivity contribution in [3.8, 4) is 0 Å². The van der Waals surface area contributed by atoms with Gasteiger partial charge in [0.2, 0.25) is 0 Å². The summed E-state index contributed by atoms with van der Waals surface area (Å²) in [5.41, 5.74) is 2.13. The Morgan fingerprint density at radius 1 is 1.00 bits per heavy atom. The standard InChI is InChI=1S/C13H14N2S3/c16-13(17)18(9-11-5-1-3-7-14-11)10-12-6-2-4-8-15-12/h1-8,18H,9-10H2,(H,16,17). The van der Waals surface area contributed by atoms with E-state index in [9.17, 15) is 0 Å². The van der Waals surface area contributed by atoms with Crippen molar-refractivity contribution in [2.45, 2.75) is 11.5 Å². The van der Waals surface area contributed by atoms with Crippen LogP contribution in [0.2, 0.25) is 0 Å². The van der Waals surface area contributed by atoms with Gasteiger partial charge in [-0.25, -0.2) is 10.9 Å². The largest absolute Gasteiger partial charge is 0.260 e. The summed E-state index contributed by atoms with van der Waals surface area (Å²) >= 11 is 9.61.